The van der Waals surface area contributed by atoms with Gasteiger partial charge in [0, 0.05) is 18.3 Å². The van der Waals surface area contributed by atoms with Crippen LogP contribution >= 0.6 is 0 Å². The minimum Gasteiger partial charge on any atom is -0.280 e. The van der Waals surface area contributed by atoms with Crippen LogP contribution in [0.3, 0.4) is 0 Å². The van der Waals surface area contributed by atoms with Gasteiger partial charge in [-0.1, -0.05) is 30.3 Å². The molecule has 0 saturated heterocycles. The van der Waals surface area contributed by atoms with Gasteiger partial charge in [0.2, 0.25) is 0 Å². The third-order valence-electron chi connectivity index (χ3n) is 4.05. The van der Waals surface area contributed by atoms with Gasteiger partial charge in [0.05, 0.1) is 0 Å². The molecule has 0 saturated carbocycles. The van der Waals surface area contributed by atoms with Crippen molar-refractivity contribution in [2.24, 2.45) is 0 Å². The average Bonchev–Trinajstić information content (AvgIpc) is 2.95. The molecule has 0 N–H and O–H groups in total. The summed E-state index contributed by atoms with van der Waals surface area (Å²) in [6, 6.07) is 18.8. The molecule has 0 spiro atoms. The lowest BCUT2D eigenvalue weighted by molar-refractivity contribution is 0.611. The number of hydrogen-bond acceptors (Lipinski definition) is 2. The number of aryl methyl sites for hydroxylation is 1. The second-order valence-electron chi connectivity index (χ2n) is 5.82. The summed E-state index contributed by atoms with van der Waals surface area (Å²) < 4.78 is 16.1. The molecule has 0 radical (unpaired) electrons. The summed E-state index contributed by atoms with van der Waals surface area (Å²) in [6.07, 6.45) is 2.17. The second-order valence-corrected chi connectivity index (χ2v) is 5.82. The van der Waals surface area contributed by atoms with Crippen LogP contribution in [-0.2, 0) is 6.42 Å². The van der Waals surface area contributed by atoms with Crippen molar-refractivity contribution in [3.05, 3.63) is 89.6 Å². The van der Waals surface area contributed by atoms with Crippen molar-refractivity contribution in [1.82, 2.24) is 14.5 Å². The molecule has 4 heteroatoms. The molecule has 2 aromatic carbocycles. The fourth-order valence-electron chi connectivity index (χ4n) is 2.93. The summed E-state index contributed by atoms with van der Waals surface area (Å²) >= 11 is 0. The predicted molar refractivity (Wildman–Crippen MR) is 92.8 cm³/mol. The Morgan fingerprint density at radius 2 is 1.88 bits per heavy atom. The van der Waals surface area contributed by atoms with Gasteiger partial charge in [0.15, 0.2) is 5.65 Å². The Labute approximate surface area is 139 Å². The zero-order chi connectivity index (χ0) is 16.5. The van der Waals surface area contributed by atoms with Gasteiger partial charge in [-0.25, -0.2) is 14.4 Å². The first-order valence-electron chi connectivity index (χ1n) is 7.85. The molecule has 0 unspecified atom stereocenters. The number of fused-ring (bicyclic) bond motifs is 1. The van der Waals surface area contributed by atoms with Gasteiger partial charge in [0.1, 0.15) is 17.2 Å². The van der Waals surface area contributed by atoms with E-state index in [2.05, 4.69) is 16.0 Å². The monoisotopic (exact) mass is 317 g/mol. The molecule has 0 atom stereocenters. The lowest BCUT2D eigenvalue weighted by Gasteiger charge is -2.10. The van der Waals surface area contributed by atoms with Crippen LogP contribution in [0.1, 0.15) is 17.0 Å². The molecule has 4 aromatic rings. The Hall–Kier alpha value is -3.01. The zero-order valence-electron chi connectivity index (χ0n) is 13.3. The number of pyridine rings is 1. The maximum atomic E-state index is 14.1. The minimum absolute atomic E-state index is 0.215. The number of aromatic nitrogens is 3. The molecule has 3 nitrogen and oxygen atoms in total. The van der Waals surface area contributed by atoms with E-state index in [-0.39, 0.29) is 5.82 Å². The van der Waals surface area contributed by atoms with Crippen LogP contribution in [0.25, 0.3) is 16.9 Å². The summed E-state index contributed by atoms with van der Waals surface area (Å²) in [5.74, 6) is 0.563. The average molecular weight is 317 g/mol. The Morgan fingerprint density at radius 1 is 1.00 bits per heavy atom. The summed E-state index contributed by atoms with van der Waals surface area (Å²) in [5.41, 5.74) is 4.37. The van der Waals surface area contributed by atoms with Crippen LogP contribution in [0.15, 0.2) is 66.9 Å². The largest absolute Gasteiger partial charge is 0.280 e. The molecule has 24 heavy (non-hydrogen) atoms. The van der Waals surface area contributed by atoms with Crippen molar-refractivity contribution < 1.29 is 4.39 Å². The van der Waals surface area contributed by atoms with Crippen LogP contribution in [0.4, 0.5) is 4.39 Å². The summed E-state index contributed by atoms with van der Waals surface area (Å²) in [7, 11) is 0. The highest BCUT2D eigenvalue weighted by molar-refractivity contribution is 5.74. The number of rotatable bonds is 3. The van der Waals surface area contributed by atoms with Crippen molar-refractivity contribution in [3.63, 3.8) is 0 Å². The number of halogens is 1. The maximum Gasteiger partial charge on any atom is 0.164 e. The highest BCUT2D eigenvalue weighted by Gasteiger charge is 2.15. The molecule has 0 aliphatic rings. The fourth-order valence-corrected chi connectivity index (χ4v) is 2.93. The van der Waals surface area contributed by atoms with Gasteiger partial charge in [0.25, 0.3) is 0 Å². The SMILES string of the molecule is Cc1cccc(-n2c(Cc3ccccc3F)nc3cccnc32)c1. The number of nitrogens with zero attached hydrogens (tertiary/aromatic N) is 3. The number of hydrogen-bond donors (Lipinski definition) is 0. The zero-order valence-corrected chi connectivity index (χ0v) is 13.3. The van der Waals surface area contributed by atoms with Crippen LogP contribution in [0, 0.1) is 12.7 Å². The molecule has 2 heterocycles. The Kier molecular flexibility index (Phi) is 3.58. The van der Waals surface area contributed by atoms with Gasteiger partial charge >= 0.3 is 0 Å². The number of imidazole rings is 1. The quantitative estimate of drug-likeness (QED) is 0.558. The molecular formula is C20H16FN3. The van der Waals surface area contributed by atoms with E-state index < -0.39 is 0 Å². The summed E-state index contributed by atoms with van der Waals surface area (Å²) in [4.78, 5) is 9.17. The van der Waals surface area contributed by atoms with Crippen molar-refractivity contribution in [3.8, 4) is 5.69 Å². The van der Waals surface area contributed by atoms with Crippen molar-refractivity contribution in [1.29, 1.82) is 0 Å². The van der Waals surface area contributed by atoms with Crippen molar-refractivity contribution >= 4 is 11.2 Å². The van der Waals surface area contributed by atoms with Gasteiger partial charge in [-0.15, -0.1) is 0 Å². The Morgan fingerprint density at radius 3 is 2.71 bits per heavy atom. The van der Waals surface area contributed by atoms with E-state index >= 15 is 0 Å². The van der Waals surface area contributed by atoms with E-state index in [9.17, 15) is 4.39 Å². The molecule has 4 rings (SSSR count). The van der Waals surface area contributed by atoms with E-state index in [1.54, 1.807) is 18.3 Å². The topological polar surface area (TPSA) is 30.7 Å². The molecule has 2 aromatic heterocycles. The fraction of sp³-hybridized carbons (Fsp3) is 0.100. The Balaban J connectivity index is 1.92. The molecule has 0 bridgehead atoms. The second kappa shape index (κ2) is 5.89. The normalized spacial score (nSPS) is 11.1. The third kappa shape index (κ3) is 2.56. The van der Waals surface area contributed by atoms with Gasteiger partial charge < -0.3 is 0 Å². The van der Waals surface area contributed by atoms with E-state index in [4.69, 9.17) is 0 Å². The standard InChI is InChI=1S/C20H16FN3/c1-14-6-4-8-16(12-14)24-19(13-15-7-2-3-9-17(15)21)23-18-10-5-11-22-20(18)24/h2-12H,13H2,1H3. The van der Waals surface area contributed by atoms with E-state index in [1.807, 2.05) is 47.9 Å². The maximum absolute atomic E-state index is 14.1. The van der Waals surface area contributed by atoms with Gasteiger partial charge in [-0.3, -0.25) is 4.57 Å². The van der Waals surface area contributed by atoms with Crippen LogP contribution in [0.2, 0.25) is 0 Å². The van der Waals surface area contributed by atoms with Crippen LogP contribution in [-0.4, -0.2) is 14.5 Å². The molecular weight excluding hydrogens is 301 g/mol. The molecule has 0 fully saturated rings. The van der Waals surface area contributed by atoms with Crippen LogP contribution in [0.5, 0.6) is 0 Å². The highest BCUT2D eigenvalue weighted by Crippen LogP contribution is 2.23. The van der Waals surface area contributed by atoms with Gasteiger partial charge in [-0.05, 0) is 48.4 Å². The van der Waals surface area contributed by atoms with Crippen LogP contribution < -0.4 is 0 Å². The molecule has 0 aliphatic carbocycles. The molecule has 118 valence electrons. The lowest BCUT2D eigenvalue weighted by Crippen LogP contribution is -2.04. The van der Waals surface area contributed by atoms with E-state index in [0.29, 0.717) is 12.0 Å². The predicted octanol–water partition coefficient (Wildman–Crippen LogP) is 4.46. The summed E-state index contributed by atoms with van der Waals surface area (Å²) in [5, 5.41) is 0. The highest BCUT2D eigenvalue weighted by atomic mass is 19.1. The lowest BCUT2D eigenvalue weighted by atomic mass is 10.1. The molecule has 0 aliphatic heterocycles. The van der Waals surface area contributed by atoms with E-state index in [1.165, 1.54) is 6.07 Å². The minimum atomic E-state index is -0.215. The smallest absolute Gasteiger partial charge is 0.164 e. The summed E-state index contributed by atoms with van der Waals surface area (Å²) in [6.45, 7) is 2.05. The first kappa shape index (κ1) is 14.6. The number of benzene rings is 2. The third-order valence-corrected chi connectivity index (χ3v) is 4.05. The molecule has 0 amide bonds. The van der Waals surface area contributed by atoms with Crippen molar-refractivity contribution in [2.45, 2.75) is 13.3 Å². The van der Waals surface area contributed by atoms with E-state index in [0.717, 1.165) is 28.2 Å². The van der Waals surface area contributed by atoms with Crippen molar-refractivity contribution in [2.75, 3.05) is 0 Å². The first-order valence-corrected chi connectivity index (χ1v) is 7.85. The Bertz CT molecular complexity index is 1020. The van der Waals surface area contributed by atoms with Gasteiger partial charge in [-0.2, -0.15) is 0 Å². The first-order chi connectivity index (χ1) is 11.7.